The second kappa shape index (κ2) is 6.27. The van der Waals surface area contributed by atoms with Crippen LogP contribution < -0.4 is 9.47 Å². The molecule has 0 aromatic carbocycles. The molecule has 1 atom stereocenters. The molecule has 8 heteroatoms. The van der Waals surface area contributed by atoms with Crippen molar-refractivity contribution in [3.63, 3.8) is 0 Å². The Labute approximate surface area is 131 Å². The summed E-state index contributed by atoms with van der Waals surface area (Å²) in [5, 5.41) is 0. The summed E-state index contributed by atoms with van der Waals surface area (Å²) in [6.07, 6.45) is 3.74. The summed E-state index contributed by atoms with van der Waals surface area (Å²) in [5.41, 5.74) is 2.46. The fourth-order valence-electron chi connectivity index (χ4n) is 2.35. The first-order valence-corrected chi connectivity index (χ1v) is 7.78. The van der Waals surface area contributed by atoms with Crippen LogP contribution in [0.1, 0.15) is 21.8 Å². The van der Waals surface area contributed by atoms with Gasteiger partial charge in [-0.1, -0.05) is 0 Å². The number of hydrogen-bond donors (Lipinski definition) is 0. The minimum absolute atomic E-state index is 0.0113. The Morgan fingerprint density at radius 2 is 2.09 bits per heavy atom. The first-order chi connectivity index (χ1) is 10.7. The number of carbonyl (C=O) groups is 1. The maximum atomic E-state index is 12.4. The highest BCUT2D eigenvalue weighted by Crippen LogP contribution is 2.25. The van der Waals surface area contributed by atoms with Crippen molar-refractivity contribution in [3.8, 4) is 11.8 Å². The third-order valence-electron chi connectivity index (χ3n) is 3.48. The normalized spacial score (nSPS) is 17.5. The van der Waals surface area contributed by atoms with E-state index in [1.54, 1.807) is 22.8 Å². The average molecular weight is 320 g/mol. The Morgan fingerprint density at radius 1 is 1.32 bits per heavy atom. The lowest BCUT2D eigenvalue weighted by molar-refractivity contribution is 0.0774. The lowest BCUT2D eigenvalue weighted by Gasteiger charge is -2.16. The molecule has 0 bridgehead atoms. The molecule has 2 aromatic rings. The van der Waals surface area contributed by atoms with Crippen LogP contribution in [0, 0.1) is 6.92 Å². The van der Waals surface area contributed by atoms with Gasteiger partial charge in [0.05, 0.1) is 24.9 Å². The molecule has 116 valence electrons. The largest absolute Gasteiger partial charge is 0.477 e. The first-order valence-electron chi connectivity index (χ1n) is 6.90. The molecule has 1 amide bonds. The number of aryl methyl sites for hydroxylation is 1. The average Bonchev–Trinajstić information content (AvgIpc) is 3.16. The molecule has 0 radical (unpaired) electrons. The topological polar surface area (TPSA) is 77.4 Å². The van der Waals surface area contributed by atoms with Gasteiger partial charge in [0, 0.05) is 25.4 Å². The number of likely N-dealkylation sites (tertiary alicyclic amines) is 1. The Hall–Kier alpha value is -2.22. The van der Waals surface area contributed by atoms with Gasteiger partial charge in [0.2, 0.25) is 0 Å². The number of amides is 1. The standard InChI is InChI=1S/C14H16N4O3S/c1-9-11(22-8-17-9)14(19)18-6-3-10(7-18)21-13-12(20-2)15-4-5-16-13/h4-5,8,10H,3,6-7H2,1-2H3. The van der Waals surface area contributed by atoms with Gasteiger partial charge in [-0.2, -0.15) is 0 Å². The molecule has 0 N–H and O–H groups in total. The molecule has 3 rings (SSSR count). The first kappa shape index (κ1) is 14.7. The molecule has 3 heterocycles. The van der Waals surface area contributed by atoms with Crippen molar-refractivity contribution in [1.82, 2.24) is 19.9 Å². The fourth-order valence-corrected chi connectivity index (χ4v) is 3.12. The Balaban J connectivity index is 1.65. The van der Waals surface area contributed by atoms with E-state index in [2.05, 4.69) is 15.0 Å². The van der Waals surface area contributed by atoms with Gasteiger partial charge in [0.25, 0.3) is 17.7 Å². The summed E-state index contributed by atoms with van der Waals surface area (Å²) >= 11 is 1.37. The van der Waals surface area contributed by atoms with Crippen molar-refractivity contribution in [2.45, 2.75) is 19.4 Å². The van der Waals surface area contributed by atoms with Gasteiger partial charge in [0.1, 0.15) is 11.0 Å². The Morgan fingerprint density at radius 3 is 2.77 bits per heavy atom. The number of hydrogen-bond acceptors (Lipinski definition) is 7. The van der Waals surface area contributed by atoms with Crippen LogP contribution in [0.4, 0.5) is 0 Å². The number of methoxy groups -OCH3 is 1. The number of thiazole rings is 1. The maximum Gasteiger partial charge on any atom is 0.278 e. The van der Waals surface area contributed by atoms with E-state index in [1.807, 2.05) is 6.92 Å². The van der Waals surface area contributed by atoms with Crippen molar-refractivity contribution < 1.29 is 14.3 Å². The number of aromatic nitrogens is 3. The SMILES string of the molecule is COc1nccnc1OC1CCN(C(=O)c2scnc2C)C1. The van der Waals surface area contributed by atoms with Gasteiger partial charge < -0.3 is 14.4 Å². The van der Waals surface area contributed by atoms with E-state index < -0.39 is 0 Å². The monoisotopic (exact) mass is 320 g/mol. The second-order valence-corrected chi connectivity index (χ2v) is 5.77. The zero-order valence-electron chi connectivity index (χ0n) is 12.4. The number of ether oxygens (including phenoxy) is 2. The molecule has 1 unspecified atom stereocenters. The molecule has 1 aliphatic rings. The third-order valence-corrected chi connectivity index (χ3v) is 4.39. The fraction of sp³-hybridized carbons (Fsp3) is 0.429. The van der Waals surface area contributed by atoms with Crippen LogP contribution in [0.25, 0.3) is 0 Å². The summed E-state index contributed by atoms with van der Waals surface area (Å²) in [6.45, 7) is 3.03. The predicted molar refractivity (Wildman–Crippen MR) is 80.4 cm³/mol. The van der Waals surface area contributed by atoms with Crippen LogP contribution in [-0.4, -0.2) is 52.1 Å². The van der Waals surface area contributed by atoms with Crippen LogP contribution >= 0.6 is 11.3 Å². The van der Waals surface area contributed by atoms with Crippen molar-refractivity contribution in [2.75, 3.05) is 20.2 Å². The maximum absolute atomic E-state index is 12.4. The molecular formula is C14H16N4O3S. The van der Waals surface area contributed by atoms with Crippen LogP contribution in [-0.2, 0) is 0 Å². The van der Waals surface area contributed by atoms with Crippen molar-refractivity contribution in [2.24, 2.45) is 0 Å². The number of rotatable bonds is 4. The molecular weight excluding hydrogens is 304 g/mol. The molecule has 7 nitrogen and oxygen atoms in total. The van der Waals surface area contributed by atoms with E-state index >= 15 is 0 Å². The molecule has 1 aliphatic heterocycles. The molecule has 0 saturated carbocycles. The van der Waals surface area contributed by atoms with E-state index in [-0.39, 0.29) is 12.0 Å². The Kier molecular flexibility index (Phi) is 4.19. The van der Waals surface area contributed by atoms with Gasteiger partial charge in [-0.05, 0) is 6.92 Å². The second-order valence-electron chi connectivity index (χ2n) is 4.92. The van der Waals surface area contributed by atoms with E-state index in [1.165, 1.54) is 18.4 Å². The number of carbonyl (C=O) groups excluding carboxylic acids is 1. The summed E-state index contributed by atoms with van der Waals surface area (Å²) in [5.74, 6) is 0.723. The highest BCUT2D eigenvalue weighted by Gasteiger charge is 2.30. The highest BCUT2D eigenvalue weighted by molar-refractivity contribution is 7.11. The minimum Gasteiger partial charge on any atom is -0.477 e. The molecule has 1 fully saturated rings. The molecule has 0 spiro atoms. The third kappa shape index (κ3) is 2.87. The van der Waals surface area contributed by atoms with Gasteiger partial charge >= 0.3 is 0 Å². The van der Waals surface area contributed by atoms with Crippen LogP contribution in [0.3, 0.4) is 0 Å². The quantitative estimate of drug-likeness (QED) is 0.850. The van der Waals surface area contributed by atoms with Crippen LogP contribution in [0.2, 0.25) is 0 Å². The summed E-state index contributed by atoms with van der Waals surface area (Å²) < 4.78 is 10.9. The molecule has 2 aromatic heterocycles. The summed E-state index contributed by atoms with van der Waals surface area (Å²) in [6, 6.07) is 0. The van der Waals surface area contributed by atoms with Crippen molar-refractivity contribution in [1.29, 1.82) is 0 Å². The van der Waals surface area contributed by atoms with Gasteiger partial charge in [0.15, 0.2) is 0 Å². The van der Waals surface area contributed by atoms with Crippen LogP contribution in [0.15, 0.2) is 17.9 Å². The zero-order valence-corrected chi connectivity index (χ0v) is 13.2. The van der Waals surface area contributed by atoms with E-state index in [9.17, 15) is 4.79 Å². The minimum atomic E-state index is -0.109. The summed E-state index contributed by atoms with van der Waals surface area (Å²) in [4.78, 5) is 27.2. The van der Waals surface area contributed by atoms with E-state index in [0.717, 1.165) is 12.1 Å². The number of nitrogens with zero attached hydrogens (tertiary/aromatic N) is 4. The lowest BCUT2D eigenvalue weighted by atomic mass is 10.3. The highest BCUT2D eigenvalue weighted by atomic mass is 32.1. The van der Waals surface area contributed by atoms with E-state index in [4.69, 9.17) is 9.47 Å². The van der Waals surface area contributed by atoms with Gasteiger partial charge in [-0.15, -0.1) is 11.3 Å². The van der Waals surface area contributed by atoms with Crippen LogP contribution in [0.5, 0.6) is 11.8 Å². The predicted octanol–water partition coefficient (Wildman–Crippen LogP) is 1.54. The summed E-state index contributed by atoms with van der Waals surface area (Å²) in [7, 11) is 1.52. The molecule has 1 saturated heterocycles. The molecule has 0 aliphatic carbocycles. The smallest absolute Gasteiger partial charge is 0.278 e. The van der Waals surface area contributed by atoms with E-state index in [0.29, 0.717) is 29.7 Å². The zero-order chi connectivity index (χ0) is 15.5. The van der Waals surface area contributed by atoms with Gasteiger partial charge in [-0.3, -0.25) is 4.79 Å². The lowest BCUT2D eigenvalue weighted by Crippen LogP contribution is -2.31. The molecule has 22 heavy (non-hydrogen) atoms. The van der Waals surface area contributed by atoms with Crippen molar-refractivity contribution >= 4 is 17.2 Å². The van der Waals surface area contributed by atoms with Gasteiger partial charge in [-0.25, -0.2) is 15.0 Å². The van der Waals surface area contributed by atoms with Crippen molar-refractivity contribution in [3.05, 3.63) is 28.5 Å². The Bertz CT molecular complexity index is 676.